The van der Waals surface area contributed by atoms with Crippen LogP contribution in [-0.2, 0) is 4.74 Å². The van der Waals surface area contributed by atoms with Gasteiger partial charge in [0, 0.05) is 17.6 Å². The lowest BCUT2D eigenvalue weighted by Gasteiger charge is -2.27. The second-order valence-electron chi connectivity index (χ2n) is 3.96. The fraction of sp³-hybridized carbons (Fsp3) is 0.333. The first-order valence-corrected chi connectivity index (χ1v) is 6.35. The fourth-order valence-electron chi connectivity index (χ4n) is 1.84. The highest BCUT2D eigenvalue weighted by Gasteiger charge is 2.22. The number of benzene rings is 1. The molecule has 96 valence electrons. The van der Waals surface area contributed by atoms with Gasteiger partial charge in [0.2, 0.25) is 5.91 Å². The predicted molar refractivity (Wildman–Crippen MR) is 69.4 cm³/mol. The third kappa shape index (κ3) is 2.70. The van der Waals surface area contributed by atoms with Crippen LogP contribution < -0.4 is 5.73 Å². The van der Waals surface area contributed by atoms with Crippen molar-refractivity contribution in [3.05, 3.63) is 33.8 Å². The number of nitrogens with two attached hydrogens (primary N) is 1. The van der Waals surface area contributed by atoms with E-state index in [-0.39, 0.29) is 11.5 Å². The van der Waals surface area contributed by atoms with E-state index in [0.717, 1.165) is 4.47 Å². The zero-order valence-electron chi connectivity index (χ0n) is 9.69. The summed E-state index contributed by atoms with van der Waals surface area (Å²) in [5, 5.41) is 0. The minimum atomic E-state index is -0.604. The van der Waals surface area contributed by atoms with Gasteiger partial charge in [-0.25, -0.2) is 0 Å². The number of hydrogen-bond donors (Lipinski definition) is 1. The van der Waals surface area contributed by atoms with Crippen LogP contribution in [0.2, 0.25) is 0 Å². The SMILES string of the molecule is NC(=O)c1cc(Br)ccc1C(=O)N1CCOCC1. The van der Waals surface area contributed by atoms with Crippen molar-refractivity contribution < 1.29 is 14.3 Å². The molecule has 1 aliphatic rings. The molecule has 0 unspecified atom stereocenters. The van der Waals surface area contributed by atoms with Crippen molar-refractivity contribution in [2.24, 2.45) is 5.73 Å². The number of carbonyl (C=O) groups excluding carboxylic acids is 2. The Morgan fingerprint density at radius 3 is 2.50 bits per heavy atom. The van der Waals surface area contributed by atoms with Crippen molar-refractivity contribution in [1.29, 1.82) is 0 Å². The number of hydrogen-bond acceptors (Lipinski definition) is 3. The Hall–Kier alpha value is -1.40. The lowest BCUT2D eigenvalue weighted by atomic mass is 10.1. The van der Waals surface area contributed by atoms with Crippen LogP contribution in [0.4, 0.5) is 0 Å². The third-order valence-corrected chi connectivity index (χ3v) is 3.27. The van der Waals surface area contributed by atoms with Gasteiger partial charge in [0.1, 0.15) is 0 Å². The molecule has 2 amide bonds. The largest absolute Gasteiger partial charge is 0.378 e. The normalized spacial score (nSPS) is 15.5. The number of morpholine rings is 1. The molecule has 1 aliphatic heterocycles. The second-order valence-corrected chi connectivity index (χ2v) is 4.87. The standard InChI is InChI=1S/C12H13BrN2O3/c13-8-1-2-9(10(7-8)11(14)16)12(17)15-3-5-18-6-4-15/h1-2,7H,3-6H2,(H2,14,16). The number of carbonyl (C=O) groups is 2. The van der Waals surface area contributed by atoms with E-state index in [1.54, 1.807) is 23.1 Å². The van der Waals surface area contributed by atoms with Crippen molar-refractivity contribution in [3.8, 4) is 0 Å². The van der Waals surface area contributed by atoms with Gasteiger partial charge in [-0.2, -0.15) is 0 Å². The Morgan fingerprint density at radius 1 is 1.22 bits per heavy atom. The highest BCUT2D eigenvalue weighted by Crippen LogP contribution is 2.18. The summed E-state index contributed by atoms with van der Waals surface area (Å²) >= 11 is 3.26. The van der Waals surface area contributed by atoms with Crippen LogP contribution in [0.15, 0.2) is 22.7 Å². The minimum absolute atomic E-state index is 0.181. The van der Waals surface area contributed by atoms with Crippen LogP contribution in [-0.4, -0.2) is 43.0 Å². The molecule has 5 nitrogen and oxygen atoms in total. The van der Waals surface area contributed by atoms with E-state index in [2.05, 4.69) is 15.9 Å². The second kappa shape index (κ2) is 5.49. The average molecular weight is 313 g/mol. The van der Waals surface area contributed by atoms with E-state index in [0.29, 0.717) is 31.9 Å². The molecule has 0 aliphatic carbocycles. The number of ether oxygens (including phenoxy) is 1. The van der Waals surface area contributed by atoms with Gasteiger partial charge in [-0.05, 0) is 18.2 Å². The highest BCUT2D eigenvalue weighted by atomic mass is 79.9. The molecule has 0 bridgehead atoms. The molecule has 1 heterocycles. The first-order chi connectivity index (χ1) is 8.59. The van der Waals surface area contributed by atoms with E-state index in [1.807, 2.05) is 0 Å². The summed E-state index contributed by atoms with van der Waals surface area (Å²) in [7, 11) is 0. The van der Waals surface area contributed by atoms with Crippen molar-refractivity contribution in [3.63, 3.8) is 0 Å². The number of nitrogens with zero attached hydrogens (tertiary/aromatic N) is 1. The molecule has 2 rings (SSSR count). The van der Waals surface area contributed by atoms with E-state index in [9.17, 15) is 9.59 Å². The van der Waals surface area contributed by atoms with Crippen molar-refractivity contribution in [1.82, 2.24) is 4.90 Å². The summed E-state index contributed by atoms with van der Waals surface area (Å²) in [4.78, 5) is 25.3. The molecule has 1 aromatic rings. The summed E-state index contributed by atoms with van der Waals surface area (Å²) in [6.45, 7) is 2.11. The van der Waals surface area contributed by atoms with Gasteiger partial charge in [-0.3, -0.25) is 9.59 Å². The van der Waals surface area contributed by atoms with E-state index >= 15 is 0 Å². The molecule has 0 spiro atoms. The molecule has 0 aromatic heterocycles. The third-order valence-electron chi connectivity index (χ3n) is 2.78. The van der Waals surface area contributed by atoms with E-state index < -0.39 is 5.91 Å². The lowest BCUT2D eigenvalue weighted by molar-refractivity contribution is 0.0302. The highest BCUT2D eigenvalue weighted by molar-refractivity contribution is 9.10. The van der Waals surface area contributed by atoms with Gasteiger partial charge in [0.25, 0.3) is 5.91 Å². The number of primary amides is 1. The maximum atomic E-state index is 12.3. The Morgan fingerprint density at radius 2 is 1.89 bits per heavy atom. The Balaban J connectivity index is 2.31. The van der Waals surface area contributed by atoms with Crippen LogP contribution in [0, 0.1) is 0 Å². The lowest BCUT2D eigenvalue weighted by Crippen LogP contribution is -2.41. The quantitative estimate of drug-likeness (QED) is 0.886. The summed E-state index contributed by atoms with van der Waals surface area (Å²) in [6.07, 6.45) is 0. The Kier molecular flexibility index (Phi) is 3.98. The van der Waals surface area contributed by atoms with Crippen LogP contribution in [0.3, 0.4) is 0 Å². The summed E-state index contributed by atoms with van der Waals surface area (Å²) in [6, 6.07) is 4.90. The zero-order valence-corrected chi connectivity index (χ0v) is 11.3. The zero-order chi connectivity index (χ0) is 13.1. The van der Waals surface area contributed by atoms with Gasteiger partial charge in [-0.15, -0.1) is 0 Å². The Labute approximate surface area is 113 Å². The fourth-order valence-corrected chi connectivity index (χ4v) is 2.20. The topological polar surface area (TPSA) is 72.6 Å². The molecule has 6 heteroatoms. The minimum Gasteiger partial charge on any atom is -0.378 e. The Bertz CT molecular complexity index is 484. The van der Waals surface area contributed by atoms with Crippen LogP contribution in [0.5, 0.6) is 0 Å². The van der Waals surface area contributed by atoms with Gasteiger partial charge < -0.3 is 15.4 Å². The van der Waals surface area contributed by atoms with Crippen molar-refractivity contribution in [2.45, 2.75) is 0 Å². The first-order valence-electron chi connectivity index (χ1n) is 5.56. The predicted octanol–water partition coefficient (Wildman–Crippen LogP) is 1.02. The van der Waals surface area contributed by atoms with Gasteiger partial charge in [0.15, 0.2) is 0 Å². The summed E-state index contributed by atoms with van der Waals surface area (Å²) in [5.41, 5.74) is 5.87. The molecular weight excluding hydrogens is 300 g/mol. The molecule has 1 saturated heterocycles. The monoisotopic (exact) mass is 312 g/mol. The summed E-state index contributed by atoms with van der Waals surface area (Å²) < 4.78 is 5.91. The van der Waals surface area contributed by atoms with Crippen molar-refractivity contribution >= 4 is 27.7 Å². The number of amides is 2. The van der Waals surface area contributed by atoms with Gasteiger partial charge >= 0.3 is 0 Å². The van der Waals surface area contributed by atoms with Gasteiger partial charge in [0.05, 0.1) is 24.3 Å². The molecular formula is C12H13BrN2O3. The molecule has 18 heavy (non-hydrogen) atoms. The number of rotatable bonds is 2. The maximum Gasteiger partial charge on any atom is 0.254 e. The van der Waals surface area contributed by atoms with Crippen LogP contribution in [0.25, 0.3) is 0 Å². The van der Waals surface area contributed by atoms with Crippen LogP contribution >= 0.6 is 15.9 Å². The molecule has 1 fully saturated rings. The molecule has 0 saturated carbocycles. The average Bonchev–Trinajstić information content (AvgIpc) is 2.39. The van der Waals surface area contributed by atoms with E-state index in [4.69, 9.17) is 10.5 Å². The summed E-state index contributed by atoms with van der Waals surface area (Å²) in [5.74, 6) is -0.785. The molecule has 0 radical (unpaired) electrons. The van der Waals surface area contributed by atoms with Crippen molar-refractivity contribution in [2.75, 3.05) is 26.3 Å². The first kappa shape index (κ1) is 13.0. The maximum absolute atomic E-state index is 12.3. The molecule has 1 aromatic carbocycles. The van der Waals surface area contributed by atoms with E-state index in [1.165, 1.54) is 0 Å². The molecule has 0 atom stereocenters. The number of halogens is 1. The van der Waals surface area contributed by atoms with Crippen LogP contribution in [0.1, 0.15) is 20.7 Å². The molecule has 2 N–H and O–H groups in total. The smallest absolute Gasteiger partial charge is 0.254 e. The van der Waals surface area contributed by atoms with Gasteiger partial charge in [-0.1, -0.05) is 15.9 Å².